The maximum Gasteiger partial charge on any atom is 0.234 e. The number of aryl methyl sites for hydroxylation is 2. The number of amides is 1. The molecule has 2 heterocycles. The number of hydrogen-bond acceptors (Lipinski definition) is 5. The van der Waals surface area contributed by atoms with E-state index in [0.29, 0.717) is 0 Å². The van der Waals surface area contributed by atoms with Crippen LogP contribution in [0.15, 0.2) is 59.6 Å². The standard InChI is InChI=1S/C22H21N5OS/c1-14-20(15(2)27(3)26-14)23-19(28)13-29-22-18-12-8-7-11-17(18)21(24-25-22)16-9-5-4-6-10-16/h4-12H,13H2,1-3H3,(H,23,28). The van der Waals surface area contributed by atoms with Crippen molar-refractivity contribution in [2.24, 2.45) is 7.05 Å². The number of carbonyl (C=O) groups excluding carboxylic acids is 1. The van der Waals surface area contributed by atoms with Gasteiger partial charge in [0, 0.05) is 23.4 Å². The van der Waals surface area contributed by atoms with Gasteiger partial charge in [0.15, 0.2) is 0 Å². The highest BCUT2D eigenvalue weighted by atomic mass is 32.2. The molecule has 2 aromatic heterocycles. The van der Waals surface area contributed by atoms with Crippen LogP contribution in [0.4, 0.5) is 5.69 Å². The second-order valence-corrected chi connectivity index (χ2v) is 7.74. The van der Waals surface area contributed by atoms with Crippen molar-refractivity contribution in [3.8, 4) is 11.3 Å². The zero-order valence-corrected chi connectivity index (χ0v) is 17.3. The summed E-state index contributed by atoms with van der Waals surface area (Å²) in [6.45, 7) is 3.82. The minimum Gasteiger partial charge on any atom is -0.322 e. The zero-order chi connectivity index (χ0) is 20.4. The van der Waals surface area contributed by atoms with Gasteiger partial charge in [-0.1, -0.05) is 66.4 Å². The van der Waals surface area contributed by atoms with Gasteiger partial charge in [0.2, 0.25) is 5.91 Å². The van der Waals surface area contributed by atoms with Crippen LogP contribution >= 0.6 is 11.8 Å². The van der Waals surface area contributed by atoms with Crippen molar-refractivity contribution < 1.29 is 4.79 Å². The highest BCUT2D eigenvalue weighted by Crippen LogP contribution is 2.31. The summed E-state index contributed by atoms with van der Waals surface area (Å²) in [5, 5.41) is 18.9. The van der Waals surface area contributed by atoms with Crippen molar-refractivity contribution in [3.05, 3.63) is 66.0 Å². The van der Waals surface area contributed by atoms with E-state index in [0.717, 1.165) is 44.1 Å². The molecule has 1 amide bonds. The van der Waals surface area contributed by atoms with E-state index in [1.807, 2.05) is 75.5 Å². The second kappa shape index (κ2) is 8.05. The molecule has 0 unspecified atom stereocenters. The van der Waals surface area contributed by atoms with Gasteiger partial charge in [-0.05, 0) is 13.8 Å². The van der Waals surface area contributed by atoms with Gasteiger partial charge in [0.25, 0.3) is 0 Å². The summed E-state index contributed by atoms with van der Waals surface area (Å²) in [6, 6.07) is 18.0. The normalized spacial score (nSPS) is 11.0. The molecule has 0 radical (unpaired) electrons. The minimum atomic E-state index is -0.0905. The van der Waals surface area contributed by atoms with Gasteiger partial charge < -0.3 is 5.32 Å². The maximum absolute atomic E-state index is 12.5. The van der Waals surface area contributed by atoms with Gasteiger partial charge in [-0.15, -0.1) is 10.2 Å². The monoisotopic (exact) mass is 403 g/mol. The lowest BCUT2D eigenvalue weighted by Gasteiger charge is -2.09. The Labute approximate surface area is 173 Å². The Morgan fingerprint density at radius 2 is 1.69 bits per heavy atom. The first-order valence-corrected chi connectivity index (χ1v) is 10.3. The van der Waals surface area contributed by atoms with E-state index in [2.05, 4.69) is 20.6 Å². The fourth-order valence-electron chi connectivity index (χ4n) is 3.26. The summed E-state index contributed by atoms with van der Waals surface area (Å²) < 4.78 is 1.76. The second-order valence-electron chi connectivity index (χ2n) is 6.77. The smallest absolute Gasteiger partial charge is 0.234 e. The van der Waals surface area contributed by atoms with Crippen molar-refractivity contribution in [1.82, 2.24) is 20.0 Å². The molecular formula is C22H21N5OS. The molecule has 0 saturated carbocycles. The Morgan fingerprint density at radius 1 is 1.00 bits per heavy atom. The van der Waals surface area contributed by atoms with E-state index >= 15 is 0 Å². The zero-order valence-electron chi connectivity index (χ0n) is 16.5. The quantitative estimate of drug-likeness (QED) is 0.501. The van der Waals surface area contributed by atoms with E-state index in [4.69, 9.17) is 0 Å². The predicted octanol–water partition coefficient (Wildman–Crippen LogP) is 4.38. The summed E-state index contributed by atoms with van der Waals surface area (Å²) in [6.07, 6.45) is 0. The third kappa shape index (κ3) is 3.86. The summed E-state index contributed by atoms with van der Waals surface area (Å²) >= 11 is 1.39. The largest absolute Gasteiger partial charge is 0.322 e. The van der Waals surface area contributed by atoms with Gasteiger partial charge in [0.05, 0.1) is 22.8 Å². The molecule has 0 spiro atoms. The molecule has 0 aliphatic rings. The molecule has 1 N–H and O–H groups in total. The Balaban J connectivity index is 1.57. The van der Waals surface area contributed by atoms with Crippen LogP contribution in [-0.2, 0) is 11.8 Å². The van der Waals surface area contributed by atoms with Crippen LogP contribution in [-0.4, -0.2) is 31.6 Å². The van der Waals surface area contributed by atoms with Gasteiger partial charge in [-0.3, -0.25) is 9.48 Å². The van der Waals surface area contributed by atoms with Crippen LogP contribution in [0, 0.1) is 13.8 Å². The number of nitrogens with one attached hydrogen (secondary N) is 1. The molecule has 2 aromatic carbocycles. The van der Waals surface area contributed by atoms with E-state index < -0.39 is 0 Å². The Bertz CT molecular complexity index is 1190. The first-order chi connectivity index (χ1) is 14.0. The van der Waals surface area contributed by atoms with Gasteiger partial charge in [0.1, 0.15) is 10.7 Å². The minimum absolute atomic E-state index is 0.0905. The number of fused-ring (bicyclic) bond motifs is 1. The third-order valence-electron chi connectivity index (χ3n) is 4.81. The van der Waals surface area contributed by atoms with E-state index in [1.165, 1.54) is 11.8 Å². The Morgan fingerprint density at radius 3 is 2.38 bits per heavy atom. The van der Waals surface area contributed by atoms with Crippen LogP contribution in [0.3, 0.4) is 0 Å². The fraction of sp³-hybridized carbons (Fsp3) is 0.182. The summed E-state index contributed by atoms with van der Waals surface area (Å²) in [5.41, 5.74) is 4.37. The fourth-order valence-corrected chi connectivity index (χ4v) is 4.03. The molecule has 0 bridgehead atoms. The molecule has 4 aromatic rings. The Hall–Kier alpha value is -3.19. The predicted molar refractivity (Wildman–Crippen MR) is 117 cm³/mol. The summed E-state index contributed by atoms with van der Waals surface area (Å²) in [5.74, 6) is 0.157. The highest BCUT2D eigenvalue weighted by Gasteiger charge is 2.15. The number of rotatable bonds is 5. The number of anilines is 1. The first kappa shape index (κ1) is 19.1. The van der Waals surface area contributed by atoms with Gasteiger partial charge in [-0.2, -0.15) is 5.10 Å². The summed E-state index contributed by atoms with van der Waals surface area (Å²) in [7, 11) is 1.86. The van der Waals surface area contributed by atoms with Crippen LogP contribution in [0.2, 0.25) is 0 Å². The van der Waals surface area contributed by atoms with Crippen molar-refractivity contribution in [3.63, 3.8) is 0 Å². The van der Waals surface area contributed by atoms with Crippen molar-refractivity contribution >= 4 is 34.1 Å². The third-order valence-corrected chi connectivity index (χ3v) is 5.80. The van der Waals surface area contributed by atoms with Gasteiger partial charge in [-0.25, -0.2) is 0 Å². The van der Waals surface area contributed by atoms with Crippen LogP contribution in [0.5, 0.6) is 0 Å². The first-order valence-electron chi connectivity index (χ1n) is 9.28. The summed E-state index contributed by atoms with van der Waals surface area (Å²) in [4.78, 5) is 12.5. The average molecular weight is 404 g/mol. The Kier molecular flexibility index (Phi) is 5.31. The van der Waals surface area contributed by atoms with Crippen LogP contribution < -0.4 is 5.32 Å². The maximum atomic E-state index is 12.5. The van der Waals surface area contributed by atoms with Crippen molar-refractivity contribution in [1.29, 1.82) is 0 Å². The van der Waals surface area contributed by atoms with E-state index in [-0.39, 0.29) is 11.7 Å². The molecule has 146 valence electrons. The molecule has 0 saturated heterocycles. The van der Waals surface area contributed by atoms with E-state index in [1.54, 1.807) is 4.68 Å². The molecule has 0 fully saturated rings. The van der Waals surface area contributed by atoms with E-state index in [9.17, 15) is 4.79 Å². The van der Waals surface area contributed by atoms with Gasteiger partial charge >= 0.3 is 0 Å². The number of hydrogen-bond donors (Lipinski definition) is 1. The SMILES string of the molecule is Cc1nn(C)c(C)c1NC(=O)CSc1nnc(-c2ccccc2)c2ccccc12. The lowest BCUT2D eigenvalue weighted by Crippen LogP contribution is -2.15. The lowest BCUT2D eigenvalue weighted by atomic mass is 10.1. The number of aromatic nitrogens is 4. The molecule has 7 heteroatoms. The van der Waals surface area contributed by atoms with Crippen LogP contribution in [0.1, 0.15) is 11.4 Å². The van der Waals surface area contributed by atoms with Crippen molar-refractivity contribution in [2.45, 2.75) is 18.9 Å². The molecule has 0 aliphatic carbocycles. The molecule has 0 aliphatic heterocycles. The molecule has 6 nitrogen and oxygen atoms in total. The van der Waals surface area contributed by atoms with Crippen molar-refractivity contribution in [2.75, 3.05) is 11.1 Å². The van der Waals surface area contributed by atoms with Crippen LogP contribution in [0.25, 0.3) is 22.0 Å². The topological polar surface area (TPSA) is 72.7 Å². The highest BCUT2D eigenvalue weighted by molar-refractivity contribution is 8.00. The number of nitrogens with zero attached hydrogens (tertiary/aromatic N) is 4. The lowest BCUT2D eigenvalue weighted by molar-refractivity contribution is -0.113. The molecule has 4 rings (SSSR count). The number of thioether (sulfide) groups is 1. The number of benzene rings is 2. The molecule has 0 atom stereocenters. The average Bonchev–Trinajstić information content (AvgIpc) is 2.98. The number of carbonyl (C=O) groups is 1. The molecule has 29 heavy (non-hydrogen) atoms. The molecular weight excluding hydrogens is 382 g/mol.